The molecule has 1 aliphatic rings. The molecule has 0 N–H and O–H groups in total. The third-order valence-corrected chi connectivity index (χ3v) is 6.26. The van der Waals surface area contributed by atoms with Gasteiger partial charge in [-0.2, -0.15) is 0 Å². The first-order valence-electron chi connectivity index (χ1n) is 5.52. The van der Waals surface area contributed by atoms with Crippen LogP contribution in [0.3, 0.4) is 0 Å². The van der Waals surface area contributed by atoms with E-state index in [-0.39, 0.29) is 15.2 Å². The van der Waals surface area contributed by atoms with Crippen LogP contribution < -0.4 is 0 Å². The highest BCUT2D eigenvalue weighted by molar-refractivity contribution is 9.09. The van der Waals surface area contributed by atoms with Crippen molar-refractivity contribution in [2.24, 2.45) is 5.41 Å². The van der Waals surface area contributed by atoms with Crippen LogP contribution in [0.25, 0.3) is 0 Å². The standard InChI is InChI=1S/C14H19Br/c1-12(2)10-8-6-7-9-11(10)14(5,15)13(12,3)4/h6-9H,1-5H3. The summed E-state index contributed by atoms with van der Waals surface area (Å²) in [6.45, 7) is 11.7. The van der Waals surface area contributed by atoms with E-state index in [1.807, 2.05) is 0 Å². The zero-order chi connectivity index (χ0) is 11.5. The summed E-state index contributed by atoms with van der Waals surface area (Å²) in [6, 6.07) is 8.80. The third kappa shape index (κ3) is 1.13. The first-order valence-corrected chi connectivity index (χ1v) is 6.31. The molecule has 0 bridgehead atoms. The van der Waals surface area contributed by atoms with Crippen LogP contribution in [0, 0.1) is 5.41 Å². The maximum absolute atomic E-state index is 3.94. The predicted octanol–water partition coefficient (Wildman–Crippen LogP) is 4.61. The minimum absolute atomic E-state index is 0.0695. The number of hydrogen-bond acceptors (Lipinski definition) is 0. The molecule has 0 aliphatic heterocycles. The largest absolute Gasteiger partial charge is 0.0798 e. The second-order valence-corrected chi connectivity index (χ2v) is 7.38. The summed E-state index contributed by atoms with van der Waals surface area (Å²) in [6.07, 6.45) is 0. The van der Waals surface area contributed by atoms with Crippen molar-refractivity contribution in [1.29, 1.82) is 0 Å². The highest BCUT2D eigenvalue weighted by Gasteiger charge is 2.57. The van der Waals surface area contributed by atoms with Crippen molar-refractivity contribution in [3.63, 3.8) is 0 Å². The van der Waals surface area contributed by atoms with Crippen molar-refractivity contribution in [1.82, 2.24) is 0 Å². The molecule has 15 heavy (non-hydrogen) atoms. The Hall–Kier alpha value is -0.300. The van der Waals surface area contributed by atoms with Crippen LogP contribution in [0.5, 0.6) is 0 Å². The van der Waals surface area contributed by atoms with Crippen LogP contribution in [-0.2, 0) is 9.74 Å². The van der Waals surface area contributed by atoms with Gasteiger partial charge in [0.25, 0.3) is 0 Å². The SMILES string of the molecule is CC1(C)c2ccccc2C(C)(Br)C1(C)C. The zero-order valence-electron chi connectivity index (χ0n) is 10.2. The van der Waals surface area contributed by atoms with Gasteiger partial charge in [-0.1, -0.05) is 67.9 Å². The molecule has 1 unspecified atom stereocenters. The molecule has 1 atom stereocenters. The Morgan fingerprint density at radius 1 is 0.867 bits per heavy atom. The Labute approximate surface area is 101 Å². The van der Waals surface area contributed by atoms with Crippen molar-refractivity contribution in [3.05, 3.63) is 35.4 Å². The van der Waals surface area contributed by atoms with E-state index in [0.29, 0.717) is 0 Å². The van der Waals surface area contributed by atoms with E-state index in [1.54, 1.807) is 0 Å². The van der Waals surface area contributed by atoms with E-state index in [4.69, 9.17) is 0 Å². The maximum Gasteiger partial charge on any atom is 0.0539 e. The molecule has 82 valence electrons. The van der Waals surface area contributed by atoms with Gasteiger partial charge in [-0.3, -0.25) is 0 Å². The Bertz CT molecular complexity index is 363. The molecule has 0 heterocycles. The van der Waals surface area contributed by atoms with E-state index in [2.05, 4.69) is 74.8 Å². The zero-order valence-corrected chi connectivity index (χ0v) is 11.8. The number of hydrogen-bond donors (Lipinski definition) is 0. The molecular weight excluding hydrogens is 248 g/mol. The molecule has 0 amide bonds. The summed E-state index contributed by atoms with van der Waals surface area (Å²) in [5.74, 6) is 0. The molecule has 0 saturated carbocycles. The van der Waals surface area contributed by atoms with E-state index in [0.717, 1.165) is 0 Å². The Balaban J connectivity index is 2.78. The van der Waals surface area contributed by atoms with E-state index in [9.17, 15) is 0 Å². The van der Waals surface area contributed by atoms with Gasteiger partial charge in [0, 0.05) is 0 Å². The number of benzene rings is 1. The molecule has 1 heteroatoms. The van der Waals surface area contributed by atoms with Gasteiger partial charge in [0.1, 0.15) is 0 Å². The minimum Gasteiger partial charge on any atom is -0.0798 e. The molecule has 0 spiro atoms. The Morgan fingerprint density at radius 3 is 1.80 bits per heavy atom. The normalized spacial score (nSPS) is 31.3. The van der Waals surface area contributed by atoms with E-state index in [1.165, 1.54) is 11.1 Å². The van der Waals surface area contributed by atoms with Crippen molar-refractivity contribution in [2.75, 3.05) is 0 Å². The topological polar surface area (TPSA) is 0 Å². The van der Waals surface area contributed by atoms with Gasteiger partial charge >= 0.3 is 0 Å². The maximum atomic E-state index is 3.94. The van der Waals surface area contributed by atoms with Gasteiger partial charge in [-0.25, -0.2) is 0 Å². The van der Waals surface area contributed by atoms with Gasteiger partial charge < -0.3 is 0 Å². The summed E-state index contributed by atoms with van der Waals surface area (Å²) in [5.41, 5.74) is 3.35. The number of alkyl halides is 1. The number of halogens is 1. The summed E-state index contributed by atoms with van der Waals surface area (Å²) >= 11 is 3.94. The lowest BCUT2D eigenvalue weighted by Crippen LogP contribution is -2.40. The van der Waals surface area contributed by atoms with Crippen LogP contribution in [0.15, 0.2) is 24.3 Å². The summed E-state index contributed by atoms with van der Waals surface area (Å²) in [5, 5.41) is 0. The molecule has 1 aliphatic carbocycles. The number of fused-ring (bicyclic) bond motifs is 1. The van der Waals surface area contributed by atoms with Gasteiger partial charge in [-0.05, 0) is 28.9 Å². The molecular formula is C14H19Br. The van der Waals surface area contributed by atoms with Gasteiger partial charge in [-0.15, -0.1) is 0 Å². The average Bonchev–Trinajstić information content (AvgIpc) is 2.26. The van der Waals surface area contributed by atoms with Crippen LogP contribution >= 0.6 is 15.9 Å². The van der Waals surface area contributed by atoms with E-state index >= 15 is 0 Å². The molecule has 0 aromatic heterocycles. The van der Waals surface area contributed by atoms with Crippen LogP contribution in [0.2, 0.25) is 0 Å². The molecule has 0 saturated heterocycles. The fourth-order valence-electron chi connectivity index (χ4n) is 2.70. The number of rotatable bonds is 0. The summed E-state index contributed by atoms with van der Waals surface area (Å²) < 4.78 is 0.0695. The predicted molar refractivity (Wildman–Crippen MR) is 69.5 cm³/mol. The van der Waals surface area contributed by atoms with Crippen molar-refractivity contribution in [2.45, 2.75) is 44.4 Å². The highest BCUT2D eigenvalue weighted by Crippen LogP contribution is 2.64. The summed E-state index contributed by atoms with van der Waals surface area (Å²) in [4.78, 5) is 0. The summed E-state index contributed by atoms with van der Waals surface area (Å²) in [7, 11) is 0. The quantitative estimate of drug-likeness (QED) is 0.602. The van der Waals surface area contributed by atoms with Gasteiger partial charge in [0.2, 0.25) is 0 Å². The van der Waals surface area contributed by atoms with Crippen LogP contribution in [0.4, 0.5) is 0 Å². The second-order valence-electron chi connectivity index (χ2n) is 5.80. The van der Waals surface area contributed by atoms with Crippen molar-refractivity contribution in [3.8, 4) is 0 Å². The van der Waals surface area contributed by atoms with Crippen LogP contribution in [0.1, 0.15) is 45.7 Å². The first-order chi connectivity index (χ1) is 6.73. The van der Waals surface area contributed by atoms with Crippen LogP contribution in [-0.4, -0.2) is 0 Å². The average molecular weight is 267 g/mol. The lowest BCUT2D eigenvalue weighted by molar-refractivity contribution is 0.175. The van der Waals surface area contributed by atoms with Gasteiger partial charge in [0.15, 0.2) is 0 Å². The van der Waals surface area contributed by atoms with Crippen molar-refractivity contribution < 1.29 is 0 Å². The molecule has 0 fully saturated rings. The minimum atomic E-state index is 0.0695. The second kappa shape index (κ2) is 2.88. The molecule has 2 rings (SSSR count). The lowest BCUT2D eigenvalue weighted by Gasteiger charge is -2.43. The Morgan fingerprint density at radius 2 is 1.33 bits per heavy atom. The van der Waals surface area contributed by atoms with Crippen molar-refractivity contribution >= 4 is 15.9 Å². The molecule has 0 nitrogen and oxygen atoms in total. The highest BCUT2D eigenvalue weighted by atomic mass is 79.9. The molecule has 1 aromatic rings. The fourth-order valence-corrected chi connectivity index (χ4v) is 3.54. The van der Waals surface area contributed by atoms with Gasteiger partial charge in [0.05, 0.1) is 4.32 Å². The third-order valence-electron chi connectivity index (χ3n) is 4.84. The Kier molecular flexibility index (Phi) is 2.15. The van der Waals surface area contributed by atoms with E-state index < -0.39 is 0 Å². The monoisotopic (exact) mass is 266 g/mol. The molecule has 1 aromatic carbocycles. The smallest absolute Gasteiger partial charge is 0.0539 e. The fraction of sp³-hybridized carbons (Fsp3) is 0.571. The molecule has 0 radical (unpaired) electrons. The lowest BCUT2D eigenvalue weighted by atomic mass is 9.65. The first kappa shape index (κ1) is 11.2.